The maximum Gasteiger partial charge on any atom is 0.123 e. The average Bonchev–Trinajstić information content (AvgIpc) is 2.89. The Morgan fingerprint density at radius 2 is 1.70 bits per heavy atom. The van der Waals surface area contributed by atoms with Crippen LogP contribution in [0.4, 0.5) is 4.39 Å². The molecule has 0 amide bonds. The number of aromatic hydroxyl groups is 1. The van der Waals surface area contributed by atoms with Gasteiger partial charge in [0.2, 0.25) is 0 Å². The molecule has 2 aromatic carbocycles. The first-order valence-corrected chi connectivity index (χ1v) is 9.65. The number of hydrogen-bond acceptors (Lipinski definition) is 3. The van der Waals surface area contributed by atoms with Crippen molar-refractivity contribution in [1.29, 1.82) is 0 Å². The monoisotopic (exact) mass is 367 g/mol. The van der Waals surface area contributed by atoms with Gasteiger partial charge in [0.25, 0.3) is 0 Å². The van der Waals surface area contributed by atoms with Crippen molar-refractivity contribution in [3.05, 3.63) is 77.6 Å². The molecule has 2 bridgehead atoms. The molecule has 0 unspecified atom stereocenters. The van der Waals surface area contributed by atoms with Crippen molar-refractivity contribution in [3.8, 4) is 5.75 Å². The molecular weight excluding hydrogens is 341 g/mol. The zero-order chi connectivity index (χ0) is 19.0. The van der Waals surface area contributed by atoms with Gasteiger partial charge in [0.05, 0.1) is 5.60 Å². The molecule has 4 heteroatoms. The highest BCUT2D eigenvalue weighted by atomic mass is 19.1. The molecule has 2 heterocycles. The molecule has 4 rings (SSSR count). The Kier molecular flexibility index (Phi) is 4.79. The van der Waals surface area contributed by atoms with E-state index in [2.05, 4.69) is 11.5 Å². The number of benzene rings is 2. The molecule has 0 saturated carbocycles. The summed E-state index contributed by atoms with van der Waals surface area (Å²) in [6, 6.07) is 12.7. The average molecular weight is 367 g/mol. The topological polar surface area (TPSA) is 43.7 Å². The lowest BCUT2D eigenvalue weighted by atomic mass is 9.80. The van der Waals surface area contributed by atoms with E-state index in [9.17, 15) is 14.6 Å². The number of para-hydroxylation sites is 1. The molecule has 142 valence electrons. The van der Waals surface area contributed by atoms with Crippen LogP contribution in [0, 0.1) is 5.82 Å². The maximum atomic E-state index is 13.3. The van der Waals surface area contributed by atoms with E-state index in [1.165, 1.54) is 12.1 Å². The number of allylic oxidation sites excluding steroid dienone is 1. The van der Waals surface area contributed by atoms with Crippen LogP contribution >= 0.6 is 0 Å². The first-order valence-electron chi connectivity index (χ1n) is 9.65. The molecule has 2 saturated heterocycles. The van der Waals surface area contributed by atoms with Crippen LogP contribution in [0.15, 0.2) is 55.1 Å². The molecule has 0 spiro atoms. The Labute approximate surface area is 159 Å². The summed E-state index contributed by atoms with van der Waals surface area (Å²) in [4.78, 5) is 2.42. The number of phenols is 1. The highest BCUT2D eigenvalue weighted by Crippen LogP contribution is 2.46. The van der Waals surface area contributed by atoms with Crippen molar-refractivity contribution in [1.82, 2.24) is 4.90 Å². The third kappa shape index (κ3) is 3.40. The molecule has 2 fully saturated rings. The second-order valence-electron chi connectivity index (χ2n) is 7.92. The van der Waals surface area contributed by atoms with E-state index in [4.69, 9.17) is 0 Å². The van der Waals surface area contributed by atoms with Crippen molar-refractivity contribution in [3.63, 3.8) is 0 Å². The summed E-state index contributed by atoms with van der Waals surface area (Å²) in [6.07, 6.45) is 5.82. The summed E-state index contributed by atoms with van der Waals surface area (Å²) in [5, 5.41) is 21.8. The minimum atomic E-state index is -0.900. The van der Waals surface area contributed by atoms with Crippen LogP contribution in [-0.2, 0) is 18.6 Å². The standard InChI is InChI=1S/C23H26FNO2/c1-2-4-16-5-3-6-17(22(16)26)15-25-20-11-12-21(25)14-23(27,13-20)18-7-9-19(24)10-8-18/h2-3,5-10,20-21,26-27H,1,4,11-15H2/t20-,21-/m1/s1. The van der Waals surface area contributed by atoms with Crippen LogP contribution < -0.4 is 0 Å². The van der Waals surface area contributed by atoms with Crippen molar-refractivity contribution < 1.29 is 14.6 Å². The summed E-state index contributed by atoms with van der Waals surface area (Å²) >= 11 is 0. The van der Waals surface area contributed by atoms with Gasteiger partial charge >= 0.3 is 0 Å². The predicted molar refractivity (Wildman–Crippen MR) is 104 cm³/mol. The number of hydrogen-bond donors (Lipinski definition) is 2. The SMILES string of the molecule is C=CCc1cccc(CN2[C@@H]3CC[C@@H]2CC(O)(c2ccc(F)cc2)C3)c1O. The molecule has 2 aromatic rings. The fraction of sp³-hybridized carbons (Fsp3) is 0.391. The van der Waals surface area contributed by atoms with Gasteiger partial charge in [0.1, 0.15) is 11.6 Å². The lowest BCUT2D eigenvalue weighted by molar-refractivity contribution is -0.0596. The Balaban J connectivity index is 1.54. The third-order valence-corrected chi connectivity index (χ3v) is 6.22. The van der Waals surface area contributed by atoms with Crippen molar-refractivity contribution in [2.45, 2.75) is 56.3 Å². The Bertz CT molecular complexity index is 819. The van der Waals surface area contributed by atoms with Gasteiger partial charge in [-0.3, -0.25) is 4.90 Å². The second kappa shape index (κ2) is 7.10. The van der Waals surface area contributed by atoms with E-state index in [1.54, 1.807) is 18.2 Å². The molecular formula is C23H26FNO2. The van der Waals surface area contributed by atoms with Crippen molar-refractivity contribution >= 4 is 0 Å². The Morgan fingerprint density at radius 3 is 2.33 bits per heavy atom. The van der Waals surface area contributed by atoms with Crippen LogP contribution in [0.1, 0.15) is 42.4 Å². The maximum absolute atomic E-state index is 13.3. The molecule has 2 N–H and O–H groups in total. The first-order chi connectivity index (χ1) is 13.0. The van der Waals surface area contributed by atoms with Crippen LogP contribution in [0.2, 0.25) is 0 Å². The largest absolute Gasteiger partial charge is 0.507 e. The molecule has 0 aromatic heterocycles. The molecule has 3 nitrogen and oxygen atoms in total. The van der Waals surface area contributed by atoms with E-state index in [0.717, 1.165) is 29.5 Å². The van der Waals surface area contributed by atoms with Gasteiger partial charge in [-0.15, -0.1) is 6.58 Å². The minimum Gasteiger partial charge on any atom is -0.507 e. The smallest absolute Gasteiger partial charge is 0.123 e. The van der Waals surface area contributed by atoms with E-state index in [-0.39, 0.29) is 17.9 Å². The minimum absolute atomic E-state index is 0.265. The van der Waals surface area contributed by atoms with Gasteiger partial charge in [-0.1, -0.05) is 36.4 Å². The van der Waals surface area contributed by atoms with Crippen molar-refractivity contribution in [2.75, 3.05) is 0 Å². The molecule has 2 aliphatic rings. The molecule has 27 heavy (non-hydrogen) atoms. The predicted octanol–water partition coefficient (Wildman–Crippen LogP) is 4.27. The number of piperidine rings is 1. The number of nitrogens with zero attached hydrogens (tertiary/aromatic N) is 1. The van der Waals surface area contributed by atoms with Gasteiger partial charge in [0.15, 0.2) is 0 Å². The van der Waals surface area contributed by atoms with Crippen LogP contribution in [-0.4, -0.2) is 27.2 Å². The Hall–Kier alpha value is -2.17. The summed E-state index contributed by atoms with van der Waals surface area (Å²) in [5.74, 6) is 0.0776. The zero-order valence-corrected chi connectivity index (χ0v) is 15.4. The second-order valence-corrected chi connectivity index (χ2v) is 7.92. The summed E-state index contributed by atoms with van der Waals surface area (Å²) in [7, 11) is 0. The molecule has 2 atom stereocenters. The highest BCUT2D eigenvalue weighted by Gasteiger charge is 2.48. The highest BCUT2D eigenvalue weighted by molar-refractivity contribution is 5.41. The first kappa shape index (κ1) is 18.2. The molecule has 0 aliphatic carbocycles. The van der Waals surface area contributed by atoms with Crippen LogP contribution in [0.3, 0.4) is 0 Å². The summed E-state index contributed by atoms with van der Waals surface area (Å²) < 4.78 is 13.3. The van der Waals surface area contributed by atoms with Gasteiger partial charge in [-0.2, -0.15) is 0 Å². The van der Waals surface area contributed by atoms with Gasteiger partial charge < -0.3 is 10.2 Å². The van der Waals surface area contributed by atoms with Gasteiger partial charge in [-0.25, -0.2) is 4.39 Å². The fourth-order valence-electron chi connectivity index (χ4n) is 4.86. The van der Waals surface area contributed by atoms with E-state index in [0.29, 0.717) is 31.6 Å². The lowest BCUT2D eigenvalue weighted by Gasteiger charge is -2.44. The fourth-order valence-corrected chi connectivity index (χ4v) is 4.86. The number of fused-ring (bicyclic) bond motifs is 2. The number of aliphatic hydroxyl groups is 1. The number of phenolic OH excluding ortho intramolecular Hbond substituents is 1. The quantitative estimate of drug-likeness (QED) is 0.776. The van der Waals surface area contributed by atoms with Crippen LogP contribution in [0.5, 0.6) is 5.75 Å². The van der Waals surface area contributed by atoms with Gasteiger partial charge in [0, 0.05) is 24.2 Å². The molecule has 2 aliphatic heterocycles. The Morgan fingerprint density at radius 1 is 1.07 bits per heavy atom. The lowest BCUT2D eigenvalue weighted by Crippen LogP contribution is -2.49. The van der Waals surface area contributed by atoms with Crippen molar-refractivity contribution in [2.24, 2.45) is 0 Å². The number of rotatable bonds is 5. The number of halogens is 1. The van der Waals surface area contributed by atoms with E-state index >= 15 is 0 Å². The zero-order valence-electron chi connectivity index (χ0n) is 15.4. The van der Waals surface area contributed by atoms with E-state index in [1.807, 2.05) is 18.2 Å². The molecule has 0 radical (unpaired) electrons. The third-order valence-electron chi connectivity index (χ3n) is 6.22. The summed E-state index contributed by atoms with van der Waals surface area (Å²) in [6.45, 7) is 4.44. The van der Waals surface area contributed by atoms with Gasteiger partial charge in [-0.05, 0) is 55.4 Å². The van der Waals surface area contributed by atoms with E-state index < -0.39 is 5.60 Å². The van der Waals surface area contributed by atoms with Crippen LogP contribution in [0.25, 0.3) is 0 Å². The normalized spacial score (nSPS) is 27.6. The summed E-state index contributed by atoms with van der Waals surface area (Å²) in [5.41, 5.74) is 1.73.